The fourth-order valence-electron chi connectivity index (χ4n) is 2.26. The van der Waals surface area contributed by atoms with E-state index in [9.17, 15) is 0 Å². The lowest BCUT2D eigenvalue weighted by Crippen LogP contribution is -2.39. The van der Waals surface area contributed by atoms with Crippen molar-refractivity contribution in [2.75, 3.05) is 33.3 Å². The molecule has 0 fully saturated rings. The van der Waals surface area contributed by atoms with Crippen LogP contribution in [0.4, 0.5) is 0 Å². The lowest BCUT2D eigenvalue weighted by molar-refractivity contribution is 0.336. The van der Waals surface area contributed by atoms with E-state index in [1.54, 1.807) is 0 Å². The molecule has 0 spiro atoms. The minimum Gasteiger partial charge on any atom is -0.494 e. The summed E-state index contributed by atoms with van der Waals surface area (Å²) in [7, 11) is 2.10. The Hall–Kier alpha value is -1.71. The Bertz CT molecular complexity index is 446. The van der Waals surface area contributed by atoms with E-state index in [0.29, 0.717) is 6.61 Å². The maximum absolute atomic E-state index is 5.67. The number of nitrogens with one attached hydrogen (secondary N) is 1. The van der Waals surface area contributed by atoms with Crippen LogP contribution in [0.15, 0.2) is 29.3 Å². The fraction of sp³-hybridized carbons (Fsp3) is 0.611. The number of guanidine groups is 1. The van der Waals surface area contributed by atoms with Gasteiger partial charge in [0.15, 0.2) is 5.96 Å². The molecule has 1 aromatic carbocycles. The molecule has 0 saturated heterocycles. The first-order valence-electron chi connectivity index (χ1n) is 8.43. The van der Waals surface area contributed by atoms with Gasteiger partial charge in [-0.2, -0.15) is 0 Å². The largest absolute Gasteiger partial charge is 0.494 e. The van der Waals surface area contributed by atoms with Crippen molar-refractivity contribution in [1.82, 2.24) is 10.2 Å². The van der Waals surface area contributed by atoms with Crippen molar-refractivity contribution in [1.29, 1.82) is 0 Å². The second kappa shape index (κ2) is 10.9. The van der Waals surface area contributed by atoms with Crippen LogP contribution in [0.5, 0.6) is 5.75 Å². The molecule has 0 aromatic heterocycles. The molecule has 0 heterocycles. The molecule has 0 amide bonds. The molecule has 0 aliphatic rings. The zero-order chi connectivity index (χ0) is 16.2. The minimum absolute atomic E-state index is 0.697. The second-order valence-corrected chi connectivity index (χ2v) is 5.30. The number of benzene rings is 1. The maximum Gasteiger partial charge on any atom is 0.193 e. The Morgan fingerprint density at radius 1 is 1.23 bits per heavy atom. The van der Waals surface area contributed by atoms with Gasteiger partial charge in [-0.15, -0.1) is 0 Å². The average Bonchev–Trinajstić information content (AvgIpc) is 2.53. The number of aliphatic imine (C=N–C) groups is 1. The SMILES string of the molecule is CCCCN(C)C(=NCCc1ccccc1OCC)NCC. The Balaban J connectivity index is 2.63. The van der Waals surface area contributed by atoms with Gasteiger partial charge in [0.25, 0.3) is 0 Å². The van der Waals surface area contributed by atoms with Crippen molar-refractivity contribution >= 4 is 5.96 Å². The summed E-state index contributed by atoms with van der Waals surface area (Å²) >= 11 is 0. The van der Waals surface area contributed by atoms with E-state index in [0.717, 1.165) is 37.8 Å². The van der Waals surface area contributed by atoms with Gasteiger partial charge in [0.05, 0.1) is 6.61 Å². The summed E-state index contributed by atoms with van der Waals surface area (Å²) in [5.74, 6) is 1.97. The molecule has 0 aliphatic heterocycles. The van der Waals surface area contributed by atoms with Gasteiger partial charge in [0.1, 0.15) is 5.75 Å². The minimum atomic E-state index is 0.697. The molecule has 0 radical (unpaired) electrons. The zero-order valence-corrected chi connectivity index (χ0v) is 14.6. The molecule has 1 aromatic rings. The van der Waals surface area contributed by atoms with E-state index in [2.05, 4.69) is 43.2 Å². The Labute approximate surface area is 135 Å². The predicted octanol–water partition coefficient (Wildman–Crippen LogP) is 3.33. The average molecular weight is 305 g/mol. The summed E-state index contributed by atoms with van der Waals surface area (Å²) < 4.78 is 5.67. The monoisotopic (exact) mass is 305 g/mol. The first-order chi connectivity index (χ1) is 10.7. The molecule has 22 heavy (non-hydrogen) atoms. The van der Waals surface area contributed by atoms with Crippen molar-refractivity contribution in [3.05, 3.63) is 29.8 Å². The Morgan fingerprint density at radius 2 is 2.00 bits per heavy atom. The van der Waals surface area contributed by atoms with Gasteiger partial charge in [-0.1, -0.05) is 31.5 Å². The van der Waals surface area contributed by atoms with Gasteiger partial charge in [-0.05, 0) is 38.3 Å². The Kier molecular flexibility index (Phi) is 9.12. The van der Waals surface area contributed by atoms with Gasteiger partial charge in [0.2, 0.25) is 0 Å². The first kappa shape index (κ1) is 18.3. The second-order valence-electron chi connectivity index (χ2n) is 5.30. The molecular formula is C18H31N3O. The molecule has 0 aliphatic carbocycles. The van der Waals surface area contributed by atoms with Crippen LogP contribution in [-0.2, 0) is 6.42 Å². The molecule has 0 saturated carbocycles. The van der Waals surface area contributed by atoms with E-state index in [1.165, 1.54) is 18.4 Å². The molecule has 124 valence electrons. The van der Waals surface area contributed by atoms with Crippen molar-refractivity contribution in [2.45, 2.75) is 40.0 Å². The number of nitrogens with zero attached hydrogens (tertiary/aromatic N) is 2. The fourth-order valence-corrected chi connectivity index (χ4v) is 2.26. The van der Waals surface area contributed by atoms with Crippen LogP contribution in [-0.4, -0.2) is 44.1 Å². The summed E-state index contributed by atoms with van der Waals surface area (Å²) in [5, 5.41) is 3.36. The van der Waals surface area contributed by atoms with Crippen molar-refractivity contribution in [3.63, 3.8) is 0 Å². The number of rotatable bonds is 9. The molecule has 0 atom stereocenters. The van der Waals surface area contributed by atoms with Crippen LogP contribution >= 0.6 is 0 Å². The quantitative estimate of drug-likeness (QED) is 0.561. The molecule has 0 bridgehead atoms. The maximum atomic E-state index is 5.67. The van der Waals surface area contributed by atoms with E-state index >= 15 is 0 Å². The molecule has 1 rings (SSSR count). The van der Waals surface area contributed by atoms with Crippen LogP contribution in [0.2, 0.25) is 0 Å². The van der Waals surface area contributed by atoms with E-state index in [4.69, 9.17) is 9.73 Å². The summed E-state index contributed by atoms with van der Waals surface area (Å²) in [6.07, 6.45) is 3.28. The van der Waals surface area contributed by atoms with Gasteiger partial charge in [-0.25, -0.2) is 0 Å². The summed E-state index contributed by atoms with van der Waals surface area (Å²) in [4.78, 5) is 6.95. The smallest absolute Gasteiger partial charge is 0.193 e. The van der Waals surface area contributed by atoms with E-state index in [1.807, 2.05) is 19.1 Å². The highest BCUT2D eigenvalue weighted by atomic mass is 16.5. The first-order valence-corrected chi connectivity index (χ1v) is 8.43. The summed E-state index contributed by atoms with van der Waals surface area (Å²) in [5.41, 5.74) is 1.22. The highest BCUT2D eigenvalue weighted by Crippen LogP contribution is 2.18. The van der Waals surface area contributed by atoms with Gasteiger partial charge < -0.3 is 15.0 Å². The highest BCUT2D eigenvalue weighted by Gasteiger charge is 2.05. The highest BCUT2D eigenvalue weighted by molar-refractivity contribution is 5.79. The van der Waals surface area contributed by atoms with Gasteiger partial charge in [0, 0.05) is 26.7 Å². The molecule has 1 N–H and O–H groups in total. The van der Waals surface area contributed by atoms with Crippen molar-refractivity contribution in [3.8, 4) is 5.75 Å². The third-order valence-corrected chi connectivity index (χ3v) is 3.46. The van der Waals surface area contributed by atoms with Crippen LogP contribution in [0.25, 0.3) is 0 Å². The number of unbranched alkanes of at least 4 members (excludes halogenated alkanes) is 1. The van der Waals surface area contributed by atoms with Crippen LogP contribution in [0, 0.1) is 0 Å². The number of para-hydroxylation sites is 1. The van der Waals surface area contributed by atoms with E-state index in [-0.39, 0.29) is 0 Å². The third kappa shape index (κ3) is 6.37. The van der Waals surface area contributed by atoms with Crippen LogP contribution < -0.4 is 10.1 Å². The molecule has 4 heteroatoms. The standard InChI is InChI=1S/C18H31N3O/c1-5-8-15-21(4)18(19-6-2)20-14-13-16-11-9-10-12-17(16)22-7-3/h9-12H,5-8,13-15H2,1-4H3,(H,19,20). The van der Waals surface area contributed by atoms with Crippen molar-refractivity contribution < 1.29 is 4.74 Å². The molecule has 0 unspecified atom stereocenters. The number of hydrogen-bond donors (Lipinski definition) is 1. The van der Waals surface area contributed by atoms with Gasteiger partial charge >= 0.3 is 0 Å². The van der Waals surface area contributed by atoms with E-state index < -0.39 is 0 Å². The normalized spacial score (nSPS) is 11.4. The number of hydrogen-bond acceptors (Lipinski definition) is 2. The van der Waals surface area contributed by atoms with Gasteiger partial charge in [-0.3, -0.25) is 4.99 Å². The topological polar surface area (TPSA) is 36.9 Å². The van der Waals surface area contributed by atoms with Crippen molar-refractivity contribution in [2.24, 2.45) is 4.99 Å². The lowest BCUT2D eigenvalue weighted by atomic mass is 10.1. The molecule has 4 nitrogen and oxygen atoms in total. The summed E-state index contributed by atoms with van der Waals surface area (Å²) in [6, 6.07) is 8.22. The lowest BCUT2D eigenvalue weighted by Gasteiger charge is -2.21. The predicted molar refractivity (Wildman–Crippen MR) is 94.8 cm³/mol. The van der Waals surface area contributed by atoms with Crippen LogP contribution in [0.3, 0.4) is 0 Å². The number of ether oxygens (including phenoxy) is 1. The third-order valence-electron chi connectivity index (χ3n) is 3.46. The van der Waals surface area contributed by atoms with Crippen LogP contribution in [0.1, 0.15) is 39.2 Å². The Morgan fingerprint density at radius 3 is 2.68 bits per heavy atom. The molecular weight excluding hydrogens is 274 g/mol. The zero-order valence-electron chi connectivity index (χ0n) is 14.6. The summed E-state index contributed by atoms with van der Waals surface area (Å²) in [6.45, 7) is 9.73.